The first-order valence-corrected chi connectivity index (χ1v) is 9.45. The average molecular weight is 332 g/mol. The third kappa shape index (κ3) is 2.62. The minimum Gasteiger partial charge on any atom is -0.303 e. The van der Waals surface area contributed by atoms with Crippen LogP contribution in [0.2, 0.25) is 0 Å². The summed E-state index contributed by atoms with van der Waals surface area (Å²) in [6, 6.07) is 8.52. The molecule has 0 radical (unpaired) electrons. The number of thiophene rings is 2. The Balaban J connectivity index is 1.46. The van der Waals surface area contributed by atoms with Gasteiger partial charge >= 0.3 is 0 Å². The number of hydrogen-bond donors (Lipinski definition) is 0. The summed E-state index contributed by atoms with van der Waals surface area (Å²) in [5.74, 6) is 0.305. The number of rotatable bonds is 3. The van der Waals surface area contributed by atoms with Crippen molar-refractivity contribution >= 4 is 33.6 Å². The zero-order valence-electron chi connectivity index (χ0n) is 12.7. The predicted molar refractivity (Wildman–Crippen MR) is 92.7 cm³/mol. The lowest BCUT2D eigenvalue weighted by Crippen LogP contribution is -2.30. The Morgan fingerprint density at radius 1 is 1.27 bits per heavy atom. The van der Waals surface area contributed by atoms with E-state index in [1.54, 1.807) is 11.3 Å². The molecule has 2 aliphatic heterocycles. The van der Waals surface area contributed by atoms with Crippen LogP contribution in [0.15, 0.2) is 29.6 Å². The van der Waals surface area contributed by atoms with Crippen LogP contribution < -0.4 is 4.90 Å². The molecule has 2 fully saturated rings. The summed E-state index contributed by atoms with van der Waals surface area (Å²) in [6.45, 7) is 6.20. The van der Waals surface area contributed by atoms with Crippen LogP contribution in [0.25, 0.3) is 0 Å². The molecule has 1 spiro atoms. The van der Waals surface area contributed by atoms with E-state index < -0.39 is 0 Å². The number of carbonyl (C=O) groups is 1. The number of amides is 1. The molecule has 4 rings (SSSR count). The van der Waals surface area contributed by atoms with Crippen molar-refractivity contribution in [3.63, 3.8) is 0 Å². The van der Waals surface area contributed by atoms with Gasteiger partial charge in [0.05, 0.1) is 5.00 Å². The smallest absolute Gasteiger partial charge is 0.228 e. The van der Waals surface area contributed by atoms with Crippen molar-refractivity contribution in [1.29, 1.82) is 0 Å². The second-order valence-corrected chi connectivity index (χ2v) is 8.88. The summed E-state index contributed by atoms with van der Waals surface area (Å²) in [5.41, 5.74) is 0.173. The third-order valence-corrected chi connectivity index (χ3v) is 6.67. The number of aryl methyl sites for hydroxylation is 1. The summed E-state index contributed by atoms with van der Waals surface area (Å²) in [4.78, 5) is 19.7. The maximum absolute atomic E-state index is 12.5. The van der Waals surface area contributed by atoms with Crippen LogP contribution in [0, 0.1) is 12.3 Å². The van der Waals surface area contributed by atoms with E-state index >= 15 is 0 Å². The van der Waals surface area contributed by atoms with E-state index in [2.05, 4.69) is 41.5 Å². The van der Waals surface area contributed by atoms with Crippen molar-refractivity contribution in [2.24, 2.45) is 5.41 Å². The first kappa shape index (κ1) is 14.4. The number of hydrogen-bond acceptors (Lipinski definition) is 4. The van der Waals surface area contributed by atoms with Gasteiger partial charge in [-0.2, -0.15) is 0 Å². The molecule has 1 unspecified atom stereocenters. The summed E-state index contributed by atoms with van der Waals surface area (Å²) >= 11 is 3.55. The highest BCUT2D eigenvalue weighted by atomic mass is 32.1. The average Bonchev–Trinajstić information content (AvgIpc) is 3.22. The monoisotopic (exact) mass is 332 g/mol. The highest BCUT2D eigenvalue weighted by molar-refractivity contribution is 7.16. The SMILES string of the molecule is Cc1ccc(N2CC3(CCN(Cc4cccs4)C3)CC2=O)s1. The van der Waals surface area contributed by atoms with Gasteiger partial charge in [0.1, 0.15) is 0 Å². The Bertz CT molecular complexity index is 679. The fourth-order valence-electron chi connectivity index (χ4n) is 3.72. The van der Waals surface area contributed by atoms with E-state index in [-0.39, 0.29) is 5.41 Å². The van der Waals surface area contributed by atoms with Crippen molar-refractivity contribution in [2.75, 3.05) is 24.5 Å². The Hall–Kier alpha value is -1.17. The van der Waals surface area contributed by atoms with Gasteiger partial charge in [0.15, 0.2) is 0 Å². The molecule has 0 aliphatic carbocycles. The number of carbonyl (C=O) groups excluding carboxylic acids is 1. The molecule has 116 valence electrons. The van der Waals surface area contributed by atoms with Crippen LogP contribution in [0.4, 0.5) is 5.00 Å². The van der Waals surface area contributed by atoms with Crippen LogP contribution in [0.5, 0.6) is 0 Å². The summed E-state index contributed by atoms with van der Waals surface area (Å²) in [7, 11) is 0. The Labute approximate surface area is 139 Å². The summed E-state index contributed by atoms with van der Waals surface area (Å²) in [6.07, 6.45) is 1.86. The molecule has 2 aliphatic rings. The zero-order valence-corrected chi connectivity index (χ0v) is 14.4. The molecule has 22 heavy (non-hydrogen) atoms. The Kier molecular flexibility index (Phi) is 3.59. The van der Waals surface area contributed by atoms with Gasteiger partial charge in [-0.1, -0.05) is 6.07 Å². The van der Waals surface area contributed by atoms with Crippen LogP contribution >= 0.6 is 22.7 Å². The number of nitrogens with zero attached hydrogens (tertiary/aromatic N) is 2. The lowest BCUT2D eigenvalue weighted by molar-refractivity contribution is -0.117. The number of likely N-dealkylation sites (tertiary alicyclic amines) is 1. The first-order valence-electron chi connectivity index (χ1n) is 7.75. The molecule has 0 bridgehead atoms. The van der Waals surface area contributed by atoms with Gasteiger partial charge < -0.3 is 4.90 Å². The molecule has 0 N–H and O–H groups in total. The predicted octanol–water partition coefficient (Wildman–Crippen LogP) is 3.75. The molecule has 2 saturated heterocycles. The van der Waals surface area contributed by atoms with Crippen LogP contribution in [-0.2, 0) is 11.3 Å². The normalized spacial score (nSPS) is 25.7. The van der Waals surface area contributed by atoms with Crippen LogP contribution in [-0.4, -0.2) is 30.4 Å². The largest absolute Gasteiger partial charge is 0.303 e. The topological polar surface area (TPSA) is 23.6 Å². The second-order valence-electron chi connectivity index (χ2n) is 6.58. The molecule has 0 aromatic carbocycles. The lowest BCUT2D eigenvalue weighted by Gasteiger charge is -2.23. The molecule has 2 aromatic rings. The fraction of sp³-hybridized carbons (Fsp3) is 0.471. The van der Waals surface area contributed by atoms with E-state index in [4.69, 9.17) is 0 Å². The minimum absolute atomic E-state index is 0.173. The van der Waals surface area contributed by atoms with E-state index in [9.17, 15) is 4.79 Å². The molecule has 0 saturated carbocycles. The Morgan fingerprint density at radius 2 is 2.18 bits per heavy atom. The van der Waals surface area contributed by atoms with E-state index in [0.29, 0.717) is 12.3 Å². The van der Waals surface area contributed by atoms with E-state index in [0.717, 1.165) is 37.6 Å². The van der Waals surface area contributed by atoms with E-state index in [1.807, 2.05) is 16.2 Å². The standard InChI is InChI=1S/C17H20N2OS2/c1-13-4-5-16(22-13)19-12-17(9-15(19)20)6-7-18(11-17)10-14-3-2-8-21-14/h2-5,8H,6-7,9-12H2,1H3. The molecule has 2 aromatic heterocycles. The minimum atomic E-state index is 0.173. The Morgan fingerprint density at radius 3 is 2.91 bits per heavy atom. The van der Waals surface area contributed by atoms with Gasteiger partial charge in [-0.05, 0) is 43.5 Å². The highest BCUT2D eigenvalue weighted by Crippen LogP contribution is 2.43. The van der Waals surface area contributed by atoms with Crippen LogP contribution in [0.3, 0.4) is 0 Å². The molecule has 1 atom stereocenters. The molecule has 5 heteroatoms. The van der Waals surface area contributed by atoms with Gasteiger partial charge in [0, 0.05) is 41.2 Å². The lowest BCUT2D eigenvalue weighted by atomic mass is 9.86. The quantitative estimate of drug-likeness (QED) is 0.855. The maximum Gasteiger partial charge on any atom is 0.228 e. The molecule has 3 nitrogen and oxygen atoms in total. The third-order valence-electron chi connectivity index (χ3n) is 4.79. The van der Waals surface area contributed by atoms with Crippen molar-refractivity contribution in [1.82, 2.24) is 4.90 Å². The maximum atomic E-state index is 12.5. The second kappa shape index (κ2) is 5.48. The molecular formula is C17H20N2OS2. The van der Waals surface area contributed by atoms with Crippen molar-refractivity contribution in [3.8, 4) is 0 Å². The summed E-state index contributed by atoms with van der Waals surface area (Å²) < 4.78 is 0. The van der Waals surface area contributed by atoms with E-state index in [1.165, 1.54) is 9.75 Å². The van der Waals surface area contributed by atoms with Crippen molar-refractivity contribution in [2.45, 2.75) is 26.3 Å². The van der Waals surface area contributed by atoms with Gasteiger partial charge in [0.25, 0.3) is 0 Å². The molecular weight excluding hydrogens is 312 g/mol. The van der Waals surface area contributed by atoms with Gasteiger partial charge in [-0.15, -0.1) is 22.7 Å². The van der Waals surface area contributed by atoms with Gasteiger partial charge in [0.2, 0.25) is 5.91 Å². The fourth-order valence-corrected chi connectivity index (χ4v) is 5.35. The van der Waals surface area contributed by atoms with Crippen molar-refractivity contribution < 1.29 is 4.79 Å². The van der Waals surface area contributed by atoms with Crippen LogP contribution in [0.1, 0.15) is 22.6 Å². The van der Waals surface area contributed by atoms with Gasteiger partial charge in [-0.25, -0.2) is 0 Å². The molecule has 1 amide bonds. The molecule has 4 heterocycles. The number of anilines is 1. The zero-order chi connectivity index (χ0) is 15.2. The van der Waals surface area contributed by atoms with Crippen molar-refractivity contribution in [3.05, 3.63) is 39.4 Å². The summed E-state index contributed by atoms with van der Waals surface area (Å²) in [5, 5.41) is 3.26. The first-order chi connectivity index (χ1) is 10.6. The van der Waals surface area contributed by atoms with Gasteiger partial charge in [-0.3, -0.25) is 9.69 Å². The highest BCUT2D eigenvalue weighted by Gasteiger charge is 2.47.